The number of ether oxygens (including phenoxy) is 2. The molecule has 0 bridgehead atoms. The Balaban J connectivity index is 3.66. The number of hydrogen-bond donors (Lipinski definition) is 1. The summed E-state index contributed by atoms with van der Waals surface area (Å²) in [6.07, 6.45) is 37.0. The van der Waals surface area contributed by atoms with Crippen molar-refractivity contribution in [1.82, 2.24) is 0 Å². The molecule has 0 amide bonds. The molecule has 0 saturated carbocycles. The summed E-state index contributed by atoms with van der Waals surface area (Å²) in [5.41, 5.74) is 0. The standard InChI is InChI=1S/C41H84NO7P/c1-6-8-10-11-12-13-14-15-16-17-18-19-20-21-22-23-24-25-26-27-28-29-30-31-32-33-36-46-38-40(49-41(43)34-9-7-2)39-48-50(44,45)47-37-35-42(3,4)5/h40H,6-39H2,1-5H3/p+1. The molecule has 2 atom stereocenters. The monoisotopic (exact) mass is 735 g/mol. The van der Waals surface area contributed by atoms with Crippen molar-refractivity contribution in [2.24, 2.45) is 0 Å². The highest BCUT2D eigenvalue weighted by molar-refractivity contribution is 7.47. The fraction of sp³-hybridized carbons (Fsp3) is 0.976. The number of unbranched alkanes of at least 4 members (excludes halogenated alkanes) is 26. The first kappa shape index (κ1) is 49.5. The minimum absolute atomic E-state index is 0.0916. The van der Waals surface area contributed by atoms with Crippen LogP contribution >= 0.6 is 7.82 Å². The van der Waals surface area contributed by atoms with Gasteiger partial charge in [0.2, 0.25) is 0 Å². The summed E-state index contributed by atoms with van der Waals surface area (Å²) >= 11 is 0. The number of nitrogens with zero attached hydrogens (tertiary/aromatic N) is 1. The number of rotatable bonds is 40. The van der Waals surface area contributed by atoms with Gasteiger partial charge < -0.3 is 18.9 Å². The van der Waals surface area contributed by atoms with E-state index in [1.807, 2.05) is 28.1 Å². The second-order valence-corrected chi connectivity index (χ2v) is 17.2. The summed E-state index contributed by atoms with van der Waals surface area (Å²) in [7, 11) is 1.68. The van der Waals surface area contributed by atoms with E-state index in [4.69, 9.17) is 18.5 Å². The van der Waals surface area contributed by atoms with Crippen LogP contribution in [0.2, 0.25) is 0 Å². The van der Waals surface area contributed by atoms with Crippen molar-refractivity contribution in [2.45, 2.75) is 206 Å². The number of esters is 1. The third-order valence-corrected chi connectivity index (χ3v) is 10.4. The highest BCUT2D eigenvalue weighted by atomic mass is 31.2. The van der Waals surface area contributed by atoms with Gasteiger partial charge in [-0.3, -0.25) is 13.8 Å². The summed E-state index contributed by atoms with van der Waals surface area (Å²) in [5, 5.41) is 0. The van der Waals surface area contributed by atoms with Gasteiger partial charge in [0.15, 0.2) is 0 Å². The molecule has 0 rings (SSSR count). The van der Waals surface area contributed by atoms with Gasteiger partial charge in [-0.1, -0.05) is 181 Å². The van der Waals surface area contributed by atoms with E-state index in [9.17, 15) is 14.3 Å². The minimum atomic E-state index is -4.24. The largest absolute Gasteiger partial charge is 0.472 e. The average molecular weight is 735 g/mol. The predicted octanol–water partition coefficient (Wildman–Crippen LogP) is 12.1. The van der Waals surface area contributed by atoms with Crippen molar-refractivity contribution in [3.63, 3.8) is 0 Å². The summed E-state index contributed by atoms with van der Waals surface area (Å²) in [6, 6.07) is 0. The molecule has 0 aromatic heterocycles. The van der Waals surface area contributed by atoms with Gasteiger partial charge in [-0.15, -0.1) is 0 Å². The van der Waals surface area contributed by atoms with Crippen LogP contribution in [-0.2, 0) is 27.9 Å². The lowest BCUT2D eigenvalue weighted by atomic mass is 10.0. The molecule has 2 unspecified atom stereocenters. The molecule has 0 aromatic rings. The number of likely N-dealkylation sites (N-methyl/N-ethyl adjacent to an activating group) is 1. The molecule has 50 heavy (non-hydrogen) atoms. The molecular formula is C41H85NO7P+. The van der Waals surface area contributed by atoms with Gasteiger partial charge in [0, 0.05) is 13.0 Å². The minimum Gasteiger partial charge on any atom is -0.457 e. The van der Waals surface area contributed by atoms with Crippen molar-refractivity contribution < 1.29 is 37.3 Å². The van der Waals surface area contributed by atoms with E-state index in [0.29, 0.717) is 24.1 Å². The zero-order valence-corrected chi connectivity index (χ0v) is 34.8. The van der Waals surface area contributed by atoms with Gasteiger partial charge >= 0.3 is 13.8 Å². The summed E-state index contributed by atoms with van der Waals surface area (Å²) < 4.78 is 34.4. The second kappa shape index (κ2) is 35.5. The Hall–Kier alpha value is -0.500. The molecule has 0 heterocycles. The van der Waals surface area contributed by atoms with E-state index in [2.05, 4.69) is 6.92 Å². The molecule has 0 saturated heterocycles. The van der Waals surface area contributed by atoms with Crippen LogP contribution in [0.5, 0.6) is 0 Å². The van der Waals surface area contributed by atoms with Crippen LogP contribution in [0, 0.1) is 0 Å². The number of phosphoric acid groups is 1. The van der Waals surface area contributed by atoms with Crippen LogP contribution in [0.1, 0.15) is 200 Å². The first-order chi connectivity index (χ1) is 24.1. The number of phosphoric ester groups is 1. The van der Waals surface area contributed by atoms with Gasteiger partial charge in [0.05, 0.1) is 34.4 Å². The third-order valence-electron chi connectivity index (χ3n) is 9.42. The van der Waals surface area contributed by atoms with Crippen molar-refractivity contribution >= 4 is 13.8 Å². The van der Waals surface area contributed by atoms with Gasteiger partial charge in [-0.25, -0.2) is 4.57 Å². The Morgan fingerprint density at radius 1 is 0.540 bits per heavy atom. The van der Waals surface area contributed by atoms with Gasteiger partial charge in [-0.05, 0) is 12.8 Å². The smallest absolute Gasteiger partial charge is 0.457 e. The Morgan fingerprint density at radius 3 is 1.30 bits per heavy atom. The maximum Gasteiger partial charge on any atom is 0.472 e. The van der Waals surface area contributed by atoms with Crippen molar-refractivity contribution in [2.75, 3.05) is 54.1 Å². The second-order valence-electron chi connectivity index (χ2n) is 15.7. The Labute approximate surface area is 310 Å². The fourth-order valence-corrected chi connectivity index (χ4v) is 6.80. The third kappa shape index (κ3) is 38.7. The molecule has 300 valence electrons. The van der Waals surface area contributed by atoms with Crippen LogP contribution in [0.15, 0.2) is 0 Å². The normalized spacial score (nSPS) is 13.8. The Bertz CT molecular complexity index is 777. The van der Waals surface area contributed by atoms with E-state index < -0.39 is 13.9 Å². The maximum atomic E-state index is 12.3. The molecule has 0 fully saturated rings. The first-order valence-corrected chi connectivity index (χ1v) is 22.8. The molecule has 0 radical (unpaired) electrons. The summed E-state index contributed by atoms with van der Waals surface area (Å²) in [6.45, 7) is 5.42. The van der Waals surface area contributed by atoms with Crippen LogP contribution in [0.3, 0.4) is 0 Å². The Morgan fingerprint density at radius 2 is 0.920 bits per heavy atom. The molecule has 9 heteroatoms. The molecular weight excluding hydrogens is 649 g/mol. The number of quaternary nitrogens is 1. The van der Waals surface area contributed by atoms with E-state index in [1.54, 1.807) is 0 Å². The zero-order chi connectivity index (χ0) is 37.0. The number of hydrogen-bond acceptors (Lipinski definition) is 6. The summed E-state index contributed by atoms with van der Waals surface area (Å²) in [4.78, 5) is 22.2. The lowest BCUT2D eigenvalue weighted by Crippen LogP contribution is -2.37. The molecule has 0 aliphatic carbocycles. The van der Waals surface area contributed by atoms with Gasteiger partial charge in [0.25, 0.3) is 0 Å². The lowest BCUT2D eigenvalue weighted by Gasteiger charge is -2.24. The van der Waals surface area contributed by atoms with Crippen LogP contribution in [-0.4, -0.2) is 75.6 Å². The van der Waals surface area contributed by atoms with Gasteiger partial charge in [-0.2, -0.15) is 0 Å². The van der Waals surface area contributed by atoms with Crippen molar-refractivity contribution in [1.29, 1.82) is 0 Å². The highest BCUT2D eigenvalue weighted by Gasteiger charge is 2.26. The number of carbonyl (C=O) groups is 1. The maximum absolute atomic E-state index is 12.3. The van der Waals surface area contributed by atoms with E-state index in [-0.39, 0.29) is 25.8 Å². The average Bonchev–Trinajstić information content (AvgIpc) is 3.06. The predicted molar refractivity (Wildman–Crippen MR) is 211 cm³/mol. The first-order valence-electron chi connectivity index (χ1n) is 21.3. The molecule has 0 aliphatic rings. The Kier molecular flexibility index (Phi) is 35.2. The SMILES string of the molecule is CCCCCCCCCCCCCCCCCCCCCCCCCCCCOCC(COP(=O)(O)OCC[N+](C)(C)C)OC(=O)CCCC. The van der Waals surface area contributed by atoms with Crippen LogP contribution in [0.25, 0.3) is 0 Å². The van der Waals surface area contributed by atoms with E-state index >= 15 is 0 Å². The number of carbonyl (C=O) groups excluding carboxylic acids is 1. The molecule has 0 aliphatic heterocycles. The molecule has 0 aromatic carbocycles. The lowest BCUT2D eigenvalue weighted by molar-refractivity contribution is -0.870. The van der Waals surface area contributed by atoms with Gasteiger partial charge in [0.1, 0.15) is 19.3 Å². The molecule has 8 nitrogen and oxygen atoms in total. The molecule has 1 N–H and O–H groups in total. The highest BCUT2D eigenvalue weighted by Crippen LogP contribution is 2.43. The van der Waals surface area contributed by atoms with Crippen molar-refractivity contribution in [3.05, 3.63) is 0 Å². The van der Waals surface area contributed by atoms with E-state index in [0.717, 1.165) is 25.7 Å². The fourth-order valence-electron chi connectivity index (χ4n) is 6.06. The van der Waals surface area contributed by atoms with Crippen molar-refractivity contribution in [3.8, 4) is 0 Å². The molecule has 0 spiro atoms. The van der Waals surface area contributed by atoms with Crippen LogP contribution in [0.4, 0.5) is 0 Å². The summed E-state index contributed by atoms with van der Waals surface area (Å²) in [5.74, 6) is -0.344. The topological polar surface area (TPSA) is 91.3 Å². The van der Waals surface area contributed by atoms with Crippen LogP contribution < -0.4 is 0 Å². The zero-order valence-electron chi connectivity index (χ0n) is 33.9. The van der Waals surface area contributed by atoms with E-state index in [1.165, 1.54) is 154 Å². The quantitative estimate of drug-likeness (QED) is 0.0290.